The van der Waals surface area contributed by atoms with Gasteiger partial charge in [-0.3, -0.25) is 4.72 Å². The average Bonchev–Trinajstić information content (AvgIpc) is 2.41. The van der Waals surface area contributed by atoms with Crippen LogP contribution in [0.5, 0.6) is 0 Å². The number of nitrogens with one attached hydrogen (secondary N) is 1. The van der Waals surface area contributed by atoms with Gasteiger partial charge in [0, 0.05) is 8.04 Å². The second-order valence-corrected chi connectivity index (χ2v) is 7.84. The van der Waals surface area contributed by atoms with Crippen LogP contribution < -0.4 is 4.72 Å². The molecule has 0 radical (unpaired) electrons. The molecule has 2 aromatic carbocycles. The molecule has 0 atom stereocenters. The molecule has 0 fully saturated rings. The van der Waals surface area contributed by atoms with Crippen LogP contribution in [0.2, 0.25) is 0 Å². The standard InChI is InChI=1S/C13H9BrINO4S/c14-11-6-1-8(13(17)18)7-12(11)16-21(19,20)10-4-2-9(15)3-5-10/h1-7,16H,(H,17,18). The first-order valence-electron chi connectivity index (χ1n) is 5.61. The first kappa shape index (κ1) is 16.2. The average molecular weight is 482 g/mol. The van der Waals surface area contributed by atoms with Crippen molar-refractivity contribution in [2.24, 2.45) is 0 Å². The first-order valence-corrected chi connectivity index (χ1v) is 8.96. The minimum atomic E-state index is -3.77. The van der Waals surface area contributed by atoms with Gasteiger partial charge in [-0.25, -0.2) is 13.2 Å². The van der Waals surface area contributed by atoms with Crippen molar-refractivity contribution in [3.8, 4) is 0 Å². The van der Waals surface area contributed by atoms with Gasteiger partial charge in [-0.15, -0.1) is 0 Å². The number of halogens is 2. The molecule has 0 unspecified atom stereocenters. The van der Waals surface area contributed by atoms with Crippen LogP contribution in [0.4, 0.5) is 5.69 Å². The van der Waals surface area contributed by atoms with E-state index in [9.17, 15) is 13.2 Å². The fraction of sp³-hybridized carbons (Fsp3) is 0. The molecule has 0 spiro atoms. The first-order chi connectivity index (χ1) is 9.79. The Balaban J connectivity index is 2.38. The minimum absolute atomic E-state index is 0.00138. The van der Waals surface area contributed by atoms with Gasteiger partial charge in [0.05, 0.1) is 16.1 Å². The van der Waals surface area contributed by atoms with Crippen molar-refractivity contribution < 1.29 is 18.3 Å². The highest BCUT2D eigenvalue weighted by molar-refractivity contribution is 14.1. The molecule has 0 saturated carbocycles. The normalized spacial score (nSPS) is 11.1. The lowest BCUT2D eigenvalue weighted by atomic mass is 10.2. The maximum absolute atomic E-state index is 12.3. The van der Waals surface area contributed by atoms with Gasteiger partial charge in [-0.1, -0.05) is 0 Å². The lowest BCUT2D eigenvalue weighted by molar-refractivity contribution is 0.0697. The molecule has 2 rings (SSSR count). The van der Waals surface area contributed by atoms with Gasteiger partial charge in [0.2, 0.25) is 0 Å². The van der Waals surface area contributed by atoms with Gasteiger partial charge in [-0.05, 0) is 81.0 Å². The molecule has 0 aliphatic carbocycles. The van der Waals surface area contributed by atoms with Crippen LogP contribution in [0.25, 0.3) is 0 Å². The Morgan fingerprint density at radius 1 is 1.14 bits per heavy atom. The largest absolute Gasteiger partial charge is 0.478 e. The Hall–Kier alpha value is -1.13. The molecular weight excluding hydrogens is 473 g/mol. The van der Waals surface area contributed by atoms with E-state index in [4.69, 9.17) is 5.11 Å². The van der Waals surface area contributed by atoms with Crippen LogP contribution in [0.3, 0.4) is 0 Å². The summed E-state index contributed by atoms with van der Waals surface area (Å²) in [5.41, 5.74) is 0.173. The molecule has 8 heteroatoms. The zero-order valence-electron chi connectivity index (χ0n) is 10.4. The highest BCUT2D eigenvalue weighted by atomic mass is 127. The van der Waals surface area contributed by atoms with Crippen LogP contribution >= 0.6 is 38.5 Å². The van der Waals surface area contributed by atoms with Crippen molar-refractivity contribution >= 4 is 60.2 Å². The smallest absolute Gasteiger partial charge is 0.335 e. The van der Waals surface area contributed by atoms with Gasteiger partial charge in [0.15, 0.2) is 0 Å². The maximum Gasteiger partial charge on any atom is 0.335 e. The Morgan fingerprint density at radius 3 is 2.33 bits per heavy atom. The molecule has 2 aromatic rings. The van der Waals surface area contributed by atoms with Crippen LogP contribution in [0.1, 0.15) is 10.4 Å². The highest BCUT2D eigenvalue weighted by Gasteiger charge is 2.16. The zero-order valence-corrected chi connectivity index (χ0v) is 14.9. The van der Waals surface area contributed by atoms with Crippen LogP contribution in [-0.2, 0) is 10.0 Å². The molecule has 0 aliphatic rings. The second kappa shape index (κ2) is 6.32. The zero-order chi connectivity index (χ0) is 15.6. The number of carbonyl (C=O) groups is 1. The number of aromatic carboxylic acids is 1. The van der Waals surface area contributed by atoms with Gasteiger partial charge < -0.3 is 5.11 Å². The summed E-state index contributed by atoms with van der Waals surface area (Å²) in [7, 11) is -3.77. The molecule has 0 aliphatic heterocycles. The summed E-state index contributed by atoms with van der Waals surface area (Å²) in [6, 6.07) is 10.5. The van der Waals surface area contributed by atoms with Crippen molar-refractivity contribution in [3.63, 3.8) is 0 Å². The van der Waals surface area contributed by atoms with Gasteiger partial charge in [0.25, 0.3) is 10.0 Å². The van der Waals surface area contributed by atoms with E-state index in [1.54, 1.807) is 12.1 Å². The number of sulfonamides is 1. The fourth-order valence-corrected chi connectivity index (χ4v) is 3.46. The number of benzene rings is 2. The van der Waals surface area contributed by atoms with Crippen molar-refractivity contribution in [1.82, 2.24) is 0 Å². The predicted octanol–water partition coefficient (Wildman–Crippen LogP) is 3.55. The van der Waals surface area contributed by atoms with Crippen molar-refractivity contribution in [2.45, 2.75) is 4.90 Å². The molecule has 0 heterocycles. The maximum atomic E-state index is 12.3. The number of rotatable bonds is 4. The van der Waals surface area contributed by atoms with Crippen molar-refractivity contribution in [2.75, 3.05) is 4.72 Å². The number of carboxylic acids is 1. The summed E-state index contributed by atoms with van der Waals surface area (Å²) >= 11 is 5.27. The Labute approximate surface area is 143 Å². The summed E-state index contributed by atoms with van der Waals surface area (Å²) in [6.07, 6.45) is 0. The van der Waals surface area contributed by atoms with E-state index in [0.29, 0.717) is 4.47 Å². The Kier molecular flexibility index (Phi) is 4.89. The number of carboxylic acid groups (broad SMARTS) is 1. The number of hydrogen-bond donors (Lipinski definition) is 2. The fourth-order valence-electron chi connectivity index (χ4n) is 1.55. The second-order valence-electron chi connectivity index (χ2n) is 4.06. The molecule has 0 amide bonds. The molecule has 5 nitrogen and oxygen atoms in total. The van der Waals surface area contributed by atoms with Crippen LogP contribution in [0.15, 0.2) is 51.8 Å². The minimum Gasteiger partial charge on any atom is -0.478 e. The Bertz CT molecular complexity index is 790. The molecule has 0 bridgehead atoms. The van der Waals surface area contributed by atoms with Crippen LogP contribution in [-0.4, -0.2) is 19.5 Å². The molecule has 2 N–H and O–H groups in total. The Morgan fingerprint density at radius 2 is 1.76 bits per heavy atom. The molecule has 110 valence electrons. The molecular formula is C13H9BrINO4S. The highest BCUT2D eigenvalue weighted by Crippen LogP contribution is 2.26. The third kappa shape index (κ3) is 3.95. The SMILES string of the molecule is O=C(O)c1ccc(Br)c(NS(=O)(=O)c2ccc(I)cc2)c1. The van der Waals surface area contributed by atoms with E-state index < -0.39 is 16.0 Å². The van der Waals surface area contributed by atoms with Crippen molar-refractivity contribution in [1.29, 1.82) is 0 Å². The quantitative estimate of drug-likeness (QED) is 0.654. The summed E-state index contributed by atoms with van der Waals surface area (Å²) in [4.78, 5) is 11.1. The van der Waals surface area contributed by atoms with Gasteiger partial charge >= 0.3 is 5.97 Å². The summed E-state index contributed by atoms with van der Waals surface area (Å²) in [5, 5.41) is 8.95. The van der Waals surface area contributed by atoms with Crippen LogP contribution in [0, 0.1) is 3.57 Å². The third-order valence-electron chi connectivity index (χ3n) is 2.58. The van der Waals surface area contributed by atoms with E-state index >= 15 is 0 Å². The molecule has 0 saturated heterocycles. The monoisotopic (exact) mass is 481 g/mol. The van der Waals surface area contributed by atoms with Gasteiger partial charge in [-0.2, -0.15) is 0 Å². The van der Waals surface area contributed by atoms with E-state index in [1.165, 1.54) is 30.3 Å². The van der Waals surface area contributed by atoms with E-state index in [1.807, 2.05) is 0 Å². The number of anilines is 1. The van der Waals surface area contributed by atoms with Gasteiger partial charge in [0.1, 0.15) is 0 Å². The predicted molar refractivity (Wildman–Crippen MR) is 91.1 cm³/mol. The molecule has 0 aromatic heterocycles. The summed E-state index contributed by atoms with van der Waals surface area (Å²) in [6.45, 7) is 0. The van der Waals surface area contributed by atoms with Crippen molar-refractivity contribution in [3.05, 3.63) is 56.1 Å². The molecule has 21 heavy (non-hydrogen) atoms. The third-order valence-corrected chi connectivity index (χ3v) is 5.37. The lowest BCUT2D eigenvalue weighted by Gasteiger charge is -2.10. The topological polar surface area (TPSA) is 83.5 Å². The number of hydrogen-bond acceptors (Lipinski definition) is 3. The van der Waals surface area contributed by atoms with E-state index in [0.717, 1.165) is 3.57 Å². The van der Waals surface area contributed by atoms with E-state index in [-0.39, 0.29) is 16.1 Å². The lowest BCUT2D eigenvalue weighted by Crippen LogP contribution is -2.14. The summed E-state index contributed by atoms with van der Waals surface area (Å²) < 4.78 is 28.3. The van der Waals surface area contributed by atoms with E-state index in [2.05, 4.69) is 43.2 Å². The summed E-state index contributed by atoms with van der Waals surface area (Å²) in [5.74, 6) is -1.13.